The second-order valence-corrected chi connectivity index (χ2v) is 5.64. The predicted molar refractivity (Wildman–Crippen MR) is 93.8 cm³/mol. The van der Waals surface area contributed by atoms with Crippen molar-refractivity contribution in [2.24, 2.45) is 0 Å². The zero-order chi connectivity index (χ0) is 15.2. The Kier molecular flexibility index (Phi) is 5.77. The number of nitrogens with zero attached hydrogens (tertiary/aromatic N) is 1. The topological polar surface area (TPSA) is 15.3 Å². The summed E-state index contributed by atoms with van der Waals surface area (Å²) in [5, 5.41) is 4.49. The number of anilines is 2. The highest BCUT2D eigenvalue weighted by Crippen LogP contribution is 2.25. The Labute approximate surface area is 136 Å². The maximum atomic E-state index is 6.01. The van der Waals surface area contributed by atoms with Gasteiger partial charge in [-0.1, -0.05) is 35.3 Å². The third-order valence-corrected chi connectivity index (χ3v) is 4.22. The number of hydrogen-bond donors (Lipinski definition) is 1. The highest BCUT2D eigenvalue weighted by molar-refractivity contribution is 6.42. The molecule has 0 aromatic heterocycles. The highest BCUT2D eigenvalue weighted by Gasteiger charge is 2.02. The van der Waals surface area contributed by atoms with E-state index in [4.69, 9.17) is 23.2 Å². The van der Waals surface area contributed by atoms with E-state index in [1.807, 2.05) is 12.1 Å². The van der Waals surface area contributed by atoms with Crippen LogP contribution in [0.15, 0.2) is 42.5 Å². The Bertz CT molecular complexity index is 578. The highest BCUT2D eigenvalue weighted by atomic mass is 35.5. The molecular formula is C17H20Cl2N2. The average Bonchev–Trinajstić information content (AvgIpc) is 2.51. The van der Waals surface area contributed by atoms with Crippen LogP contribution in [0, 0.1) is 0 Å². The Hall–Kier alpha value is -1.38. The van der Waals surface area contributed by atoms with Gasteiger partial charge < -0.3 is 10.2 Å². The number of hydrogen-bond acceptors (Lipinski definition) is 2. The molecule has 1 N–H and O–H groups in total. The Morgan fingerprint density at radius 2 is 1.57 bits per heavy atom. The van der Waals surface area contributed by atoms with Crippen molar-refractivity contribution >= 4 is 34.6 Å². The lowest BCUT2D eigenvalue weighted by molar-refractivity contribution is 0.865. The van der Waals surface area contributed by atoms with Gasteiger partial charge in [-0.05, 0) is 49.7 Å². The summed E-state index contributed by atoms with van der Waals surface area (Å²) >= 11 is 11.9. The summed E-state index contributed by atoms with van der Waals surface area (Å²) in [6, 6.07) is 14.2. The molecule has 4 heteroatoms. The molecule has 0 aliphatic heterocycles. The van der Waals surface area contributed by atoms with Crippen LogP contribution in [0.2, 0.25) is 10.0 Å². The first kappa shape index (κ1) is 16.0. The molecule has 0 unspecified atom stereocenters. The second kappa shape index (κ2) is 7.58. The first-order chi connectivity index (χ1) is 10.1. The molecule has 2 rings (SSSR count). The van der Waals surface area contributed by atoms with E-state index in [0.717, 1.165) is 25.3 Å². The minimum Gasteiger partial charge on any atom is -0.381 e. The van der Waals surface area contributed by atoms with Gasteiger partial charge in [0.25, 0.3) is 0 Å². The monoisotopic (exact) mass is 322 g/mol. The smallest absolute Gasteiger partial charge is 0.0612 e. The van der Waals surface area contributed by atoms with E-state index in [1.54, 1.807) is 6.07 Å². The minimum absolute atomic E-state index is 0.568. The van der Waals surface area contributed by atoms with E-state index in [0.29, 0.717) is 10.0 Å². The van der Waals surface area contributed by atoms with Crippen LogP contribution < -0.4 is 10.2 Å². The molecule has 0 bridgehead atoms. The van der Waals surface area contributed by atoms with Crippen molar-refractivity contribution < 1.29 is 0 Å². The summed E-state index contributed by atoms with van der Waals surface area (Å²) in [6.07, 6.45) is 0. The van der Waals surface area contributed by atoms with Gasteiger partial charge in [0.15, 0.2) is 0 Å². The summed E-state index contributed by atoms with van der Waals surface area (Å²) in [4.78, 5) is 2.33. The van der Waals surface area contributed by atoms with Crippen molar-refractivity contribution in [2.75, 3.05) is 23.3 Å². The van der Waals surface area contributed by atoms with Crippen molar-refractivity contribution in [2.45, 2.75) is 20.4 Å². The fourth-order valence-electron chi connectivity index (χ4n) is 2.22. The largest absolute Gasteiger partial charge is 0.381 e. The van der Waals surface area contributed by atoms with Gasteiger partial charge in [0.05, 0.1) is 10.0 Å². The lowest BCUT2D eigenvalue weighted by Gasteiger charge is -2.21. The zero-order valence-corrected chi connectivity index (χ0v) is 13.9. The van der Waals surface area contributed by atoms with Gasteiger partial charge in [0.1, 0.15) is 0 Å². The quantitative estimate of drug-likeness (QED) is 0.760. The van der Waals surface area contributed by atoms with Gasteiger partial charge in [-0.2, -0.15) is 0 Å². The van der Waals surface area contributed by atoms with Crippen molar-refractivity contribution in [3.8, 4) is 0 Å². The molecule has 2 aromatic carbocycles. The Morgan fingerprint density at radius 3 is 2.14 bits per heavy atom. The summed E-state index contributed by atoms with van der Waals surface area (Å²) in [6.45, 7) is 7.15. The summed E-state index contributed by atoms with van der Waals surface area (Å²) < 4.78 is 0. The lowest BCUT2D eigenvalue weighted by Crippen LogP contribution is -2.21. The number of rotatable bonds is 6. The SMILES string of the molecule is CCN(CC)c1ccc(CNc2ccc(Cl)c(Cl)c2)cc1. The van der Waals surface area contributed by atoms with Crippen LogP contribution in [0.1, 0.15) is 19.4 Å². The molecule has 2 nitrogen and oxygen atoms in total. The second-order valence-electron chi connectivity index (χ2n) is 4.82. The van der Waals surface area contributed by atoms with Crippen molar-refractivity contribution in [1.29, 1.82) is 0 Å². The third kappa shape index (κ3) is 4.29. The molecule has 0 amide bonds. The Morgan fingerprint density at radius 1 is 0.905 bits per heavy atom. The molecule has 0 spiro atoms. The fourth-order valence-corrected chi connectivity index (χ4v) is 2.52. The van der Waals surface area contributed by atoms with E-state index in [-0.39, 0.29) is 0 Å². The van der Waals surface area contributed by atoms with Crippen LogP contribution in [-0.2, 0) is 6.54 Å². The standard InChI is InChI=1S/C17H20Cl2N2/c1-3-21(4-2)15-8-5-13(6-9-15)12-20-14-7-10-16(18)17(19)11-14/h5-11,20H,3-4,12H2,1-2H3. The average molecular weight is 323 g/mol. The molecule has 0 fully saturated rings. The van der Waals surface area contributed by atoms with Crippen molar-refractivity contribution in [3.05, 3.63) is 58.1 Å². The lowest BCUT2D eigenvalue weighted by atomic mass is 10.2. The predicted octanol–water partition coefficient (Wildman–Crippen LogP) is 5.45. The van der Waals surface area contributed by atoms with Crippen LogP contribution in [-0.4, -0.2) is 13.1 Å². The van der Waals surface area contributed by atoms with Gasteiger partial charge in [-0.3, -0.25) is 0 Å². The fraction of sp³-hybridized carbons (Fsp3) is 0.294. The molecule has 112 valence electrons. The molecule has 0 aliphatic carbocycles. The van der Waals surface area contributed by atoms with Crippen LogP contribution in [0.5, 0.6) is 0 Å². The molecule has 21 heavy (non-hydrogen) atoms. The molecular weight excluding hydrogens is 303 g/mol. The van der Waals surface area contributed by atoms with Crippen LogP contribution in [0.4, 0.5) is 11.4 Å². The molecule has 0 radical (unpaired) electrons. The van der Waals surface area contributed by atoms with Gasteiger partial charge in [-0.25, -0.2) is 0 Å². The Balaban J connectivity index is 1.98. The number of benzene rings is 2. The van der Waals surface area contributed by atoms with E-state index >= 15 is 0 Å². The van der Waals surface area contributed by atoms with Gasteiger partial charge >= 0.3 is 0 Å². The normalized spacial score (nSPS) is 10.5. The third-order valence-electron chi connectivity index (χ3n) is 3.48. The van der Waals surface area contributed by atoms with Crippen molar-refractivity contribution in [1.82, 2.24) is 0 Å². The maximum Gasteiger partial charge on any atom is 0.0612 e. The number of halogens is 2. The molecule has 0 saturated carbocycles. The van der Waals surface area contributed by atoms with Crippen LogP contribution >= 0.6 is 23.2 Å². The van der Waals surface area contributed by atoms with E-state index in [1.165, 1.54) is 11.3 Å². The van der Waals surface area contributed by atoms with E-state index in [2.05, 4.69) is 48.3 Å². The molecule has 2 aromatic rings. The molecule has 0 saturated heterocycles. The first-order valence-corrected chi connectivity index (χ1v) is 7.92. The summed E-state index contributed by atoms with van der Waals surface area (Å²) in [7, 11) is 0. The van der Waals surface area contributed by atoms with Gasteiger partial charge in [0.2, 0.25) is 0 Å². The van der Waals surface area contributed by atoms with Crippen molar-refractivity contribution in [3.63, 3.8) is 0 Å². The maximum absolute atomic E-state index is 6.01. The zero-order valence-electron chi connectivity index (χ0n) is 12.4. The summed E-state index contributed by atoms with van der Waals surface area (Å²) in [5.41, 5.74) is 3.47. The van der Waals surface area contributed by atoms with Gasteiger partial charge in [-0.15, -0.1) is 0 Å². The van der Waals surface area contributed by atoms with Crippen LogP contribution in [0.25, 0.3) is 0 Å². The molecule has 0 atom stereocenters. The number of nitrogens with one attached hydrogen (secondary N) is 1. The molecule has 0 heterocycles. The summed E-state index contributed by atoms with van der Waals surface area (Å²) in [5.74, 6) is 0. The van der Waals surface area contributed by atoms with Crippen LogP contribution in [0.3, 0.4) is 0 Å². The first-order valence-electron chi connectivity index (χ1n) is 7.16. The minimum atomic E-state index is 0.568. The van der Waals surface area contributed by atoms with E-state index in [9.17, 15) is 0 Å². The van der Waals surface area contributed by atoms with E-state index < -0.39 is 0 Å². The van der Waals surface area contributed by atoms with Gasteiger partial charge in [0, 0.05) is 31.0 Å². The molecule has 0 aliphatic rings.